The summed E-state index contributed by atoms with van der Waals surface area (Å²) in [6, 6.07) is 0. The van der Waals surface area contributed by atoms with Crippen LogP contribution in [0.4, 0.5) is 0 Å². The van der Waals surface area contributed by atoms with Gasteiger partial charge in [-0.05, 0) is 93.0 Å². The molecule has 384 valence electrons. The zero-order chi connectivity index (χ0) is 48.7. The van der Waals surface area contributed by atoms with Crippen molar-refractivity contribution in [2.24, 2.45) is 34.0 Å². The van der Waals surface area contributed by atoms with Crippen molar-refractivity contribution in [3.8, 4) is 0 Å². The molecule has 3 heterocycles. The quantitative estimate of drug-likeness (QED) is 0.0498. The Balaban J connectivity index is 0.985. The molecule has 0 radical (unpaired) electrons. The van der Waals surface area contributed by atoms with E-state index in [2.05, 4.69) is 13.5 Å². The minimum atomic E-state index is -1.84. The van der Waals surface area contributed by atoms with E-state index in [9.17, 15) is 76.3 Å². The van der Waals surface area contributed by atoms with Crippen LogP contribution in [0, 0.1) is 34.0 Å². The van der Waals surface area contributed by atoms with Gasteiger partial charge in [-0.2, -0.15) is 0 Å². The Kier molecular flexibility index (Phi) is 15.0. The van der Waals surface area contributed by atoms with Gasteiger partial charge < -0.3 is 105 Å². The van der Waals surface area contributed by atoms with Gasteiger partial charge in [-0.25, -0.2) is 0 Å². The van der Waals surface area contributed by atoms with Gasteiger partial charge in [-0.3, -0.25) is 4.79 Å². The van der Waals surface area contributed by atoms with Gasteiger partial charge in [-0.15, -0.1) is 0 Å². The number of aliphatic hydroxyl groups excluding tert-OH is 14. The SMILES string of the molecule is C=C1C[C@@]23CCC4[C@](C)(C(=O)OC5OC(CO)C(O)C(O)C5OC5CC(CO)C(O)C(O)C5O)CCC[C@@]4(C)[C@@H]2CCC1(OC1OC(CO)C(O)C(OC2OC(CO)C(O)C(O)C2O)C1O)C3. The number of esters is 1. The van der Waals surface area contributed by atoms with Gasteiger partial charge in [0.25, 0.3) is 0 Å². The highest BCUT2D eigenvalue weighted by atomic mass is 16.7. The summed E-state index contributed by atoms with van der Waals surface area (Å²) < 4.78 is 42.0. The van der Waals surface area contributed by atoms with Crippen molar-refractivity contribution in [1.82, 2.24) is 0 Å². The summed E-state index contributed by atoms with van der Waals surface area (Å²) >= 11 is 0. The van der Waals surface area contributed by atoms with Gasteiger partial charge >= 0.3 is 5.97 Å². The zero-order valence-corrected chi connectivity index (χ0v) is 37.8. The molecule has 0 aromatic rings. The fourth-order valence-corrected chi connectivity index (χ4v) is 14.0. The van der Waals surface area contributed by atoms with E-state index in [0.29, 0.717) is 51.4 Å². The van der Waals surface area contributed by atoms with Crippen LogP contribution in [-0.4, -0.2) is 226 Å². The molecule has 8 aliphatic rings. The fourth-order valence-electron chi connectivity index (χ4n) is 14.0. The minimum Gasteiger partial charge on any atom is -0.432 e. The maximum atomic E-state index is 14.7. The van der Waals surface area contributed by atoms with Gasteiger partial charge in [0.2, 0.25) is 6.29 Å². The molecule has 5 saturated carbocycles. The fraction of sp³-hybridized carbons (Fsp3) is 0.933. The molecular weight excluding hydrogens is 892 g/mol. The van der Waals surface area contributed by atoms with Crippen molar-refractivity contribution >= 4 is 5.97 Å². The van der Waals surface area contributed by atoms with Crippen LogP contribution in [-0.2, 0) is 38.0 Å². The molecule has 8 fully saturated rings. The summed E-state index contributed by atoms with van der Waals surface area (Å²) in [5.41, 5.74) is -2.12. The van der Waals surface area contributed by atoms with Gasteiger partial charge in [0, 0.05) is 12.5 Å². The molecule has 22 nitrogen and oxygen atoms in total. The van der Waals surface area contributed by atoms with Gasteiger partial charge in [0.05, 0.1) is 43.0 Å². The van der Waals surface area contributed by atoms with E-state index in [0.717, 1.165) is 12.0 Å². The lowest BCUT2D eigenvalue weighted by Crippen LogP contribution is -2.65. The monoisotopic (exact) mass is 964 g/mol. The second kappa shape index (κ2) is 19.4. The lowest BCUT2D eigenvalue weighted by Gasteiger charge is -2.64. The van der Waals surface area contributed by atoms with Crippen LogP contribution in [0.3, 0.4) is 0 Å². The third-order valence-corrected chi connectivity index (χ3v) is 17.6. The first-order valence-corrected chi connectivity index (χ1v) is 23.7. The first-order valence-electron chi connectivity index (χ1n) is 23.7. The summed E-state index contributed by atoms with van der Waals surface area (Å²) in [7, 11) is 0. The lowest BCUT2D eigenvalue weighted by atomic mass is 9.41. The van der Waals surface area contributed by atoms with Crippen LogP contribution >= 0.6 is 0 Å². The van der Waals surface area contributed by atoms with Crippen LogP contribution in [0.25, 0.3) is 0 Å². The van der Waals surface area contributed by atoms with Gasteiger partial charge in [0.1, 0.15) is 85.5 Å². The number of rotatable bonds is 12. The summed E-state index contributed by atoms with van der Waals surface area (Å²) in [5, 5.41) is 148. The number of aliphatic hydroxyl groups is 14. The van der Waals surface area contributed by atoms with Crippen molar-refractivity contribution in [2.45, 2.75) is 200 Å². The molecule has 0 amide bonds. The van der Waals surface area contributed by atoms with E-state index >= 15 is 0 Å². The molecule has 5 aliphatic carbocycles. The van der Waals surface area contributed by atoms with Crippen LogP contribution < -0.4 is 0 Å². The molecule has 0 aromatic carbocycles. The van der Waals surface area contributed by atoms with E-state index in [1.165, 1.54) is 0 Å². The average Bonchev–Trinajstić information content (AvgIpc) is 3.50. The van der Waals surface area contributed by atoms with Crippen molar-refractivity contribution in [3.63, 3.8) is 0 Å². The standard InChI is InChI=1S/C45H72O22/c1-18-12-44-9-5-24-42(2,7-4-8-43(24,3)41(60)66-40-37(33(57)29(53)22(15-48)64-40)61-20-11-19(13-46)26(50)31(55)27(20)51)25(44)6-10-45(18,17-44)67-39-35(59)36(30(54)23(16-49)63-39)65-38-34(58)32(56)28(52)21(14-47)62-38/h19-40,46-59H,1,4-17H2,2-3H3/t19?,20?,21?,22?,23?,24?,25-,26?,27?,28?,29?,30?,31?,32?,33?,34?,35?,36?,37?,38?,39?,40?,42+,43+,44+,45?/m0/s1. The van der Waals surface area contributed by atoms with E-state index in [1.54, 1.807) is 0 Å². The molecule has 26 atom stereocenters. The van der Waals surface area contributed by atoms with Crippen molar-refractivity contribution in [3.05, 3.63) is 12.2 Å². The van der Waals surface area contributed by atoms with Crippen molar-refractivity contribution in [1.29, 1.82) is 0 Å². The molecule has 14 N–H and O–H groups in total. The second-order valence-electron chi connectivity index (χ2n) is 21.3. The maximum Gasteiger partial charge on any atom is 0.314 e. The first-order chi connectivity index (χ1) is 31.6. The average molecular weight is 965 g/mol. The smallest absolute Gasteiger partial charge is 0.314 e. The molecule has 0 aromatic heterocycles. The Bertz CT molecular complexity index is 1760. The Morgan fingerprint density at radius 1 is 0.612 bits per heavy atom. The minimum absolute atomic E-state index is 0.0559. The third-order valence-electron chi connectivity index (χ3n) is 17.6. The van der Waals surface area contributed by atoms with Crippen LogP contribution in [0.1, 0.15) is 78.1 Å². The summed E-state index contributed by atoms with van der Waals surface area (Å²) in [5.74, 6) is -1.72. The van der Waals surface area contributed by atoms with Crippen LogP contribution in [0.5, 0.6) is 0 Å². The molecule has 22 unspecified atom stereocenters. The maximum absolute atomic E-state index is 14.7. The van der Waals surface area contributed by atoms with E-state index in [4.69, 9.17) is 33.2 Å². The number of hydrogen-bond donors (Lipinski definition) is 14. The molecule has 8 rings (SSSR count). The predicted molar refractivity (Wildman–Crippen MR) is 222 cm³/mol. The highest BCUT2D eigenvalue weighted by molar-refractivity contribution is 5.77. The lowest BCUT2D eigenvalue weighted by molar-refractivity contribution is -0.369. The van der Waals surface area contributed by atoms with Gasteiger partial charge in [0.15, 0.2) is 12.6 Å². The molecule has 3 saturated heterocycles. The number of ether oxygens (including phenoxy) is 7. The topological polar surface area (TPSA) is 365 Å². The molecule has 1 spiro atoms. The molecule has 67 heavy (non-hydrogen) atoms. The zero-order valence-electron chi connectivity index (χ0n) is 37.8. The van der Waals surface area contributed by atoms with Crippen molar-refractivity contribution < 1.29 is 109 Å². The van der Waals surface area contributed by atoms with E-state index in [-0.39, 0.29) is 23.7 Å². The Morgan fingerprint density at radius 2 is 1.21 bits per heavy atom. The largest absolute Gasteiger partial charge is 0.432 e. The summed E-state index contributed by atoms with van der Waals surface area (Å²) in [6.07, 6.45) is -25.3. The Hall–Kier alpha value is -1.59. The third kappa shape index (κ3) is 8.64. The number of carbonyl (C=O) groups excluding carboxylic acids is 1. The Labute approximate surface area is 387 Å². The molecular formula is C45H72O22. The molecule has 3 aliphatic heterocycles. The van der Waals surface area contributed by atoms with Crippen LogP contribution in [0.2, 0.25) is 0 Å². The molecule has 2 bridgehead atoms. The van der Waals surface area contributed by atoms with Gasteiger partial charge in [-0.1, -0.05) is 19.9 Å². The van der Waals surface area contributed by atoms with E-state index < -0.39 is 171 Å². The number of hydrogen-bond acceptors (Lipinski definition) is 22. The second-order valence-corrected chi connectivity index (χ2v) is 21.3. The van der Waals surface area contributed by atoms with Crippen molar-refractivity contribution in [2.75, 3.05) is 26.4 Å². The number of fused-ring (bicyclic) bond motifs is 3. The first kappa shape index (κ1) is 51.8. The highest BCUT2D eigenvalue weighted by Crippen LogP contribution is 2.73. The Morgan fingerprint density at radius 3 is 1.87 bits per heavy atom. The highest BCUT2D eigenvalue weighted by Gasteiger charge is 2.69. The summed E-state index contributed by atoms with van der Waals surface area (Å²) in [4.78, 5) is 14.7. The predicted octanol–water partition coefficient (Wildman–Crippen LogP) is -4.45. The normalized spacial score (nSPS) is 54.5. The number of carbonyl (C=O) groups is 1. The molecule has 22 heteroatoms. The summed E-state index contributed by atoms with van der Waals surface area (Å²) in [6.45, 7) is 5.77. The van der Waals surface area contributed by atoms with E-state index in [1.807, 2.05) is 6.92 Å². The van der Waals surface area contributed by atoms with Crippen LogP contribution in [0.15, 0.2) is 12.2 Å².